The first-order chi connectivity index (χ1) is 12.7. The smallest absolute Gasteiger partial charge is 0.340 e. The predicted octanol–water partition coefficient (Wildman–Crippen LogP) is 2.54. The Balaban J connectivity index is 2.11. The van der Waals surface area contributed by atoms with Crippen LogP contribution in [-0.2, 0) is 19.6 Å². The zero-order valence-corrected chi connectivity index (χ0v) is 17.3. The largest absolute Gasteiger partial charge is 0.452 e. The summed E-state index contributed by atoms with van der Waals surface area (Å²) < 4.78 is 30.6. The molecule has 1 heterocycles. The monoisotopic (exact) mass is 416 g/mol. The van der Waals surface area contributed by atoms with Crippen LogP contribution in [0.1, 0.15) is 43.0 Å². The second kappa shape index (κ2) is 9.03. The fourth-order valence-corrected chi connectivity index (χ4v) is 4.20. The highest BCUT2D eigenvalue weighted by molar-refractivity contribution is 7.89. The Morgan fingerprint density at radius 2 is 2.00 bits per heavy atom. The molecule has 1 aromatic carbocycles. The summed E-state index contributed by atoms with van der Waals surface area (Å²) in [5.41, 5.74) is -0.0851. The molecule has 1 saturated heterocycles. The highest BCUT2D eigenvalue weighted by Gasteiger charge is 2.27. The molecule has 9 heteroatoms. The van der Waals surface area contributed by atoms with E-state index in [0.29, 0.717) is 6.54 Å². The van der Waals surface area contributed by atoms with Crippen molar-refractivity contribution in [1.82, 2.24) is 9.21 Å². The standard InChI is InChI=1S/C18H25ClN2O5S/c1-4-13-7-5-6-10-21(13)17(22)12-26-18(23)15-11-14(8-9-16(15)19)27(24,25)20(2)3/h8-9,11,13H,4-7,10,12H2,1-3H3/t13-/m1/s1. The molecular weight excluding hydrogens is 392 g/mol. The molecular formula is C18H25ClN2O5S. The van der Waals surface area contributed by atoms with Gasteiger partial charge < -0.3 is 9.64 Å². The fourth-order valence-electron chi connectivity index (χ4n) is 3.07. The Morgan fingerprint density at radius 1 is 1.30 bits per heavy atom. The van der Waals surface area contributed by atoms with Crippen LogP contribution in [0, 0.1) is 0 Å². The molecule has 1 aromatic rings. The fraction of sp³-hybridized carbons (Fsp3) is 0.556. The lowest BCUT2D eigenvalue weighted by Gasteiger charge is -2.35. The van der Waals surface area contributed by atoms with Crippen LogP contribution in [0.4, 0.5) is 0 Å². The number of esters is 1. The second-order valence-corrected chi connectivity index (χ2v) is 9.21. The molecule has 0 aromatic heterocycles. The molecule has 0 bridgehead atoms. The number of ether oxygens (including phenoxy) is 1. The van der Waals surface area contributed by atoms with Gasteiger partial charge in [-0.25, -0.2) is 17.5 Å². The number of hydrogen-bond acceptors (Lipinski definition) is 5. The van der Waals surface area contributed by atoms with E-state index in [9.17, 15) is 18.0 Å². The summed E-state index contributed by atoms with van der Waals surface area (Å²) in [5, 5.41) is 0.0644. The first-order valence-electron chi connectivity index (χ1n) is 8.87. The summed E-state index contributed by atoms with van der Waals surface area (Å²) in [5.74, 6) is -1.07. The van der Waals surface area contributed by atoms with E-state index < -0.39 is 22.6 Å². The highest BCUT2D eigenvalue weighted by atomic mass is 35.5. The molecule has 1 amide bonds. The van der Waals surface area contributed by atoms with Crippen molar-refractivity contribution in [2.45, 2.75) is 43.5 Å². The minimum absolute atomic E-state index is 0.0644. The number of nitrogens with zero attached hydrogens (tertiary/aromatic N) is 2. The Hall–Kier alpha value is -1.64. The van der Waals surface area contributed by atoms with Gasteiger partial charge in [-0.15, -0.1) is 0 Å². The molecule has 0 saturated carbocycles. The molecule has 7 nitrogen and oxygen atoms in total. The van der Waals surface area contributed by atoms with E-state index in [1.165, 1.54) is 32.3 Å². The van der Waals surface area contributed by atoms with Gasteiger partial charge in [-0.3, -0.25) is 4.79 Å². The molecule has 2 rings (SSSR count). The third-order valence-electron chi connectivity index (χ3n) is 4.68. The van der Waals surface area contributed by atoms with Crippen LogP contribution in [0.5, 0.6) is 0 Å². The molecule has 0 aliphatic carbocycles. The van der Waals surface area contributed by atoms with Gasteiger partial charge in [0, 0.05) is 26.7 Å². The number of benzene rings is 1. The van der Waals surface area contributed by atoms with Crippen molar-refractivity contribution in [2.24, 2.45) is 0 Å². The number of hydrogen-bond donors (Lipinski definition) is 0. The molecule has 1 fully saturated rings. The Morgan fingerprint density at radius 3 is 2.63 bits per heavy atom. The molecule has 150 valence electrons. The molecule has 0 spiro atoms. The van der Waals surface area contributed by atoms with Crippen LogP contribution in [0.15, 0.2) is 23.1 Å². The maximum absolute atomic E-state index is 12.4. The number of carbonyl (C=O) groups excluding carboxylic acids is 2. The van der Waals surface area contributed by atoms with Crippen molar-refractivity contribution in [3.05, 3.63) is 28.8 Å². The van der Waals surface area contributed by atoms with E-state index in [1.54, 1.807) is 4.90 Å². The SMILES string of the molecule is CC[C@@H]1CCCCN1C(=O)COC(=O)c1cc(S(=O)(=O)N(C)C)ccc1Cl. The lowest BCUT2D eigenvalue weighted by Crippen LogP contribution is -2.45. The van der Waals surface area contributed by atoms with Crippen molar-refractivity contribution in [3.8, 4) is 0 Å². The number of carbonyl (C=O) groups is 2. The molecule has 1 aliphatic heterocycles. The van der Waals surface area contributed by atoms with Gasteiger partial charge in [0.1, 0.15) is 0 Å². The number of likely N-dealkylation sites (tertiary alicyclic amines) is 1. The maximum Gasteiger partial charge on any atom is 0.340 e. The van der Waals surface area contributed by atoms with E-state index in [2.05, 4.69) is 0 Å². The summed E-state index contributed by atoms with van der Waals surface area (Å²) in [6.07, 6.45) is 3.83. The van der Waals surface area contributed by atoms with Gasteiger partial charge in [0.2, 0.25) is 10.0 Å². The van der Waals surface area contributed by atoms with Gasteiger partial charge >= 0.3 is 5.97 Å². The number of halogens is 1. The van der Waals surface area contributed by atoms with Crippen molar-refractivity contribution < 1.29 is 22.7 Å². The van der Waals surface area contributed by atoms with E-state index in [4.69, 9.17) is 16.3 Å². The first kappa shape index (κ1) is 21.7. The van der Waals surface area contributed by atoms with Crippen molar-refractivity contribution >= 4 is 33.5 Å². The normalized spacial score (nSPS) is 17.8. The summed E-state index contributed by atoms with van der Waals surface area (Å²) in [4.78, 5) is 26.5. The Labute approximate surface area is 165 Å². The van der Waals surface area contributed by atoms with Crippen LogP contribution < -0.4 is 0 Å². The van der Waals surface area contributed by atoms with Crippen molar-refractivity contribution in [1.29, 1.82) is 0 Å². The summed E-state index contributed by atoms with van der Waals surface area (Å²) >= 11 is 6.03. The lowest BCUT2D eigenvalue weighted by molar-refractivity contribution is -0.138. The predicted molar refractivity (Wildman–Crippen MR) is 102 cm³/mol. The molecule has 0 unspecified atom stereocenters. The molecule has 1 aliphatic rings. The van der Waals surface area contributed by atoms with E-state index in [1.807, 2.05) is 6.92 Å². The zero-order chi connectivity index (χ0) is 20.2. The number of piperidine rings is 1. The minimum atomic E-state index is -3.72. The molecule has 1 atom stereocenters. The van der Waals surface area contributed by atoms with Crippen molar-refractivity contribution in [3.63, 3.8) is 0 Å². The number of amides is 1. The zero-order valence-electron chi connectivity index (χ0n) is 15.8. The van der Waals surface area contributed by atoms with Crippen LogP contribution >= 0.6 is 11.6 Å². The van der Waals surface area contributed by atoms with Gasteiger partial charge in [0.15, 0.2) is 6.61 Å². The minimum Gasteiger partial charge on any atom is -0.452 e. The van der Waals surface area contributed by atoms with Crippen LogP contribution in [0.25, 0.3) is 0 Å². The van der Waals surface area contributed by atoms with E-state index in [-0.39, 0.29) is 27.4 Å². The Kier molecular flexibility index (Phi) is 7.25. The van der Waals surface area contributed by atoms with Gasteiger partial charge in [-0.2, -0.15) is 0 Å². The molecule has 27 heavy (non-hydrogen) atoms. The van der Waals surface area contributed by atoms with Gasteiger partial charge in [0.05, 0.1) is 15.5 Å². The average molecular weight is 417 g/mol. The number of sulfonamides is 1. The lowest BCUT2D eigenvalue weighted by atomic mass is 10.00. The average Bonchev–Trinajstić information content (AvgIpc) is 2.65. The summed E-state index contributed by atoms with van der Waals surface area (Å²) in [6, 6.07) is 3.98. The quantitative estimate of drug-likeness (QED) is 0.665. The van der Waals surface area contributed by atoms with E-state index in [0.717, 1.165) is 30.0 Å². The van der Waals surface area contributed by atoms with Crippen LogP contribution in [0.2, 0.25) is 5.02 Å². The van der Waals surface area contributed by atoms with Gasteiger partial charge in [-0.05, 0) is 43.9 Å². The maximum atomic E-state index is 12.4. The van der Waals surface area contributed by atoms with Crippen LogP contribution in [0.3, 0.4) is 0 Å². The second-order valence-electron chi connectivity index (χ2n) is 6.65. The molecule has 0 radical (unpaired) electrons. The number of rotatable bonds is 6. The van der Waals surface area contributed by atoms with Crippen molar-refractivity contribution in [2.75, 3.05) is 27.2 Å². The van der Waals surface area contributed by atoms with E-state index >= 15 is 0 Å². The third-order valence-corrected chi connectivity index (χ3v) is 6.82. The van der Waals surface area contributed by atoms with Crippen LogP contribution in [-0.4, -0.2) is 62.8 Å². The summed E-state index contributed by atoms with van der Waals surface area (Å²) in [6.45, 7) is 2.29. The van der Waals surface area contributed by atoms with Gasteiger partial charge in [0.25, 0.3) is 5.91 Å². The topological polar surface area (TPSA) is 84.0 Å². The Bertz CT molecular complexity index is 810. The first-order valence-corrected chi connectivity index (χ1v) is 10.7. The third kappa shape index (κ3) is 5.00. The molecule has 0 N–H and O–H groups in total. The highest BCUT2D eigenvalue weighted by Crippen LogP contribution is 2.23. The summed E-state index contributed by atoms with van der Waals surface area (Å²) in [7, 11) is -0.933. The van der Waals surface area contributed by atoms with Gasteiger partial charge in [-0.1, -0.05) is 18.5 Å².